The topological polar surface area (TPSA) is 29.5 Å². The predicted octanol–water partition coefficient (Wildman–Crippen LogP) is 5.26. The first-order valence-corrected chi connectivity index (χ1v) is 7.20. The molecule has 2 aromatic carbocycles. The second-order valence-corrected chi connectivity index (χ2v) is 5.37. The van der Waals surface area contributed by atoms with E-state index in [9.17, 15) is 5.11 Å². The lowest BCUT2D eigenvalue weighted by molar-refractivity contribution is 0.460. The summed E-state index contributed by atoms with van der Waals surface area (Å²) in [6, 6.07) is 13.2. The average Bonchev–Trinajstić information content (AvgIpc) is 2.43. The van der Waals surface area contributed by atoms with Gasteiger partial charge in [0.15, 0.2) is 0 Å². The van der Waals surface area contributed by atoms with E-state index in [1.54, 1.807) is 24.3 Å². The molecule has 0 atom stereocenters. The Bertz CT molecular complexity index is 556. The van der Waals surface area contributed by atoms with E-state index < -0.39 is 0 Å². The lowest BCUT2D eigenvalue weighted by Gasteiger charge is -2.15. The molecular weight excluding hydrogens is 248 g/mol. The molecule has 0 unspecified atom stereocenters. The highest BCUT2D eigenvalue weighted by atomic mass is 16.5. The van der Waals surface area contributed by atoms with Crippen LogP contribution in [0.2, 0.25) is 0 Å². The first kappa shape index (κ1) is 14.4. The molecule has 0 radical (unpaired) electrons. The number of phenols is 1. The molecule has 2 rings (SSSR count). The number of phenolic OH excluding ortho intramolecular Hbond substituents is 1. The summed E-state index contributed by atoms with van der Waals surface area (Å²) in [6.07, 6.45) is 2.24. The van der Waals surface area contributed by atoms with Gasteiger partial charge in [0.25, 0.3) is 0 Å². The van der Waals surface area contributed by atoms with Crippen LogP contribution >= 0.6 is 0 Å². The van der Waals surface area contributed by atoms with Crippen molar-refractivity contribution in [2.24, 2.45) is 0 Å². The Morgan fingerprint density at radius 2 is 1.75 bits per heavy atom. The van der Waals surface area contributed by atoms with Crippen molar-refractivity contribution in [2.45, 2.75) is 39.5 Å². The maximum Gasteiger partial charge on any atom is 0.130 e. The second-order valence-electron chi connectivity index (χ2n) is 5.37. The Hall–Kier alpha value is -1.96. The van der Waals surface area contributed by atoms with Gasteiger partial charge in [0.05, 0.1) is 0 Å². The molecule has 0 fully saturated rings. The fourth-order valence-corrected chi connectivity index (χ4v) is 2.23. The van der Waals surface area contributed by atoms with Crippen molar-refractivity contribution >= 4 is 0 Å². The number of rotatable bonds is 5. The highest BCUT2D eigenvalue weighted by Crippen LogP contribution is 2.32. The molecule has 0 spiro atoms. The molecule has 2 heteroatoms. The molecule has 0 amide bonds. The molecule has 0 heterocycles. The summed E-state index contributed by atoms with van der Waals surface area (Å²) in [5, 5.41) is 9.31. The quantitative estimate of drug-likeness (QED) is 0.803. The summed E-state index contributed by atoms with van der Waals surface area (Å²) in [6.45, 7) is 6.54. The molecule has 20 heavy (non-hydrogen) atoms. The maximum atomic E-state index is 9.31. The van der Waals surface area contributed by atoms with Crippen molar-refractivity contribution in [3.05, 3.63) is 53.6 Å². The van der Waals surface area contributed by atoms with Crippen molar-refractivity contribution in [2.75, 3.05) is 0 Å². The van der Waals surface area contributed by atoms with E-state index in [2.05, 4.69) is 32.9 Å². The van der Waals surface area contributed by atoms with Crippen LogP contribution in [-0.2, 0) is 6.42 Å². The Balaban J connectivity index is 2.28. The number of hydrogen-bond donors (Lipinski definition) is 1. The zero-order chi connectivity index (χ0) is 14.5. The summed E-state index contributed by atoms with van der Waals surface area (Å²) < 4.78 is 5.95. The van der Waals surface area contributed by atoms with Gasteiger partial charge in [-0.3, -0.25) is 0 Å². The van der Waals surface area contributed by atoms with Crippen LogP contribution in [0, 0.1) is 0 Å². The Labute approximate surface area is 121 Å². The standard InChI is InChI=1S/C18H22O2/c1-4-5-14-6-11-18(17(12-14)13(2)3)20-16-9-7-15(19)8-10-16/h6-13,19H,4-5H2,1-3H3. The highest BCUT2D eigenvalue weighted by Gasteiger charge is 2.10. The minimum atomic E-state index is 0.250. The molecule has 0 aliphatic carbocycles. The molecule has 0 aliphatic rings. The molecule has 2 aromatic rings. The fourth-order valence-electron chi connectivity index (χ4n) is 2.23. The zero-order valence-corrected chi connectivity index (χ0v) is 12.4. The minimum absolute atomic E-state index is 0.250. The van der Waals surface area contributed by atoms with Crippen LogP contribution in [0.3, 0.4) is 0 Å². The third kappa shape index (κ3) is 3.53. The number of aromatic hydroxyl groups is 1. The third-order valence-electron chi connectivity index (χ3n) is 3.30. The van der Waals surface area contributed by atoms with Crippen LogP contribution in [0.25, 0.3) is 0 Å². The van der Waals surface area contributed by atoms with Gasteiger partial charge in [-0.25, -0.2) is 0 Å². The van der Waals surface area contributed by atoms with Crippen LogP contribution in [0.4, 0.5) is 0 Å². The lowest BCUT2D eigenvalue weighted by atomic mass is 9.98. The van der Waals surface area contributed by atoms with Gasteiger partial charge in [-0.05, 0) is 53.8 Å². The average molecular weight is 270 g/mol. The van der Waals surface area contributed by atoms with Gasteiger partial charge in [-0.2, -0.15) is 0 Å². The molecular formula is C18H22O2. The van der Waals surface area contributed by atoms with E-state index >= 15 is 0 Å². The lowest BCUT2D eigenvalue weighted by Crippen LogP contribution is -1.96. The minimum Gasteiger partial charge on any atom is -0.508 e. The molecule has 106 valence electrons. The van der Waals surface area contributed by atoms with Gasteiger partial charge >= 0.3 is 0 Å². The third-order valence-corrected chi connectivity index (χ3v) is 3.30. The summed E-state index contributed by atoms with van der Waals surface area (Å²) >= 11 is 0. The summed E-state index contributed by atoms with van der Waals surface area (Å²) in [7, 11) is 0. The number of aryl methyl sites for hydroxylation is 1. The van der Waals surface area contributed by atoms with E-state index in [4.69, 9.17) is 4.74 Å². The maximum absolute atomic E-state index is 9.31. The molecule has 2 nitrogen and oxygen atoms in total. The van der Waals surface area contributed by atoms with Gasteiger partial charge in [-0.1, -0.05) is 39.3 Å². The van der Waals surface area contributed by atoms with E-state index in [1.165, 1.54) is 11.1 Å². The van der Waals surface area contributed by atoms with Crippen molar-refractivity contribution in [1.29, 1.82) is 0 Å². The predicted molar refractivity (Wildman–Crippen MR) is 82.7 cm³/mol. The van der Waals surface area contributed by atoms with E-state index in [0.717, 1.165) is 24.3 Å². The molecule has 0 saturated carbocycles. The Kier molecular flexibility index (Phi) is 4.67. The van der Waals surface area contributed by atoms with Crippen LogP contribution < -0.4 is 4.74 Å². The zero-order valence-electron chi connectivity index (χ0n) is 12.4. The number of benzene rings is 2. The van der Waals surface area contributed by atoms with Crippen molar-refractivity contribution in [3.63, 3.8) is 0 Å². The monoisotopic (exact) mass is 270 g/mol. The Morgan fingerprint density at radius 3 is 2.35 bits per heavy atom. The largest absolute Gasteiger partial charge is 0.508 e. The van der Waals surface area contributed by atoms with Crippen LogP contribution in [-0.4, -0.2) is 5.11 Å². The molecule has 0 aromatic heterocycles. The summed E-state index contributed by atoms with van der Waals surface area (Å²) in [5.74, 6) is 2.30. The van der Waals surface area contributed by atoms with E-state index in [0.29, 0.717) is 5.92 Å². The van der Waals surface area contributed by atoms with Crippen molar-refractivity contribution in [3.8, 4) is 17.2 Å². The SMILES string of the molecule is CCCc1ccc(Oc2ccc(O)cc2)c(C(C)C)c1. The molecule has 0 bridgehead atoms. The van der Waals surface area contributed by atoms with Gasteiger partial charge in [0.1, 0.15) is 17.2 Å². The van der Waals surface area contributed by atoms with E-state index in [-0.39, 0.29) is 5.75 Å². The van der Waals surface area contributed by atoms with Gasteiger partial charge in [0, 0.05) is 0 Å². The smallest absolute Gasteiger partial charge is 0.130 e. The van der Waals surface area contributed by atoms with Crippen LogP contribution in [0.1, 0.15) is 44.2 Å². The normalized spacial score (nSPS) is 10.8. The van der Waals surface area contributed by atoms with Crippen LogP contribution in [0.5, 0.6) is 17.2 Å². The van der Waals surface area contributed by atoms with Gasteiger partial charge < -0.3 is 9.84 Å². The van der Waals surface area contributed by atoms with Crippen LogP contribution in [0.15, 0.2) is 42.5 Å². The fraction of sp³-hybridized carbons (Fsp3) is 0.333. The summed E-state index contributed by atoms with van der Waals surface area (Å²) in [4.78, 5) is 0. The molecule has 0 aliphatic heterocycles. The van der Waals surface area contributed by atoms with Gasteiger partial charge in [0.2, 0.25) is 0 Å². The van der Waals surface area contributed by atoms with Crippen molar-refractivity contribution < 1.29 is 9.84 Å². The number of ether oxygens (including phenoxy) is 1. The summed E-state index contributed by atoms with van der Waals surface area (Å²) in [5.41, 5.74) is 2.58. The molecule has 1 N–H and O–H groups in total. The van der Waals surface area contributed by atoms with Crippen molar-refractivity contribution in [1.82, 2.24) is 0 Å². The first-order valence-electron chi connectivity index (χ1n) is 7.20. The first-order chi connectivity index (χ1) is 9.60. The molecule has 0 saturated heterocycles. The second kappa shape index (κ2) is 6.47. The highest BCUT2D eigenvalue weighted by molar-refractivity contribution is 5.43. The van der Waals surface area contributed by atoms with E-state index in [1.807, 2.05) is 6.07 Å². The van der Waals surface area contributed by atoms with Gasteiger partial charge in [-0.15, -0.1) is 0 Å². The Morgan fingerprint density at radius 1 is 1.05 bits per heavy atom. The number of hydrogen-bond acceptors (Lipinski definition) is 2.